The number of aromatic nitrogens is 3. The van der Waals surface area contributed by atoms with Crippen molar-refractivity contribution in [2.24, 2.45) is 0 Å². The zero-order valence-corrected chi connectivity index (χ0v) is 19.1. The third kappa shape index (κ3) is 3.79. The van der Waals surface area contributed by atoms with Crippen molar-refractivity contribution < 1.29 is 24.3 Å². The minimum atomic E-state index is -0.675. The number of fused-ring (bicyclic) bond motifs is 1. The van der Waals surface area contributed by atoms with E-state index in [-0.39, 0.29) is 41.9 Å². The summed E-state index contributed by atoms with van der Waals surface area (Å²) in [5, 5.41) is 20.9. The van der Waals surface area contributed by atoms with Crippen molar-refractivity contribution in [3.05, 3.63) is 41.2 Å². The summed E-state index contributed by atoms with van der Waals surface area (Å²) in [5.41, 5.74) is 2.03. The molecular weight excluding hydrogens is 452 g/mol. The smallest absolute Gasteiger partial charge is 0.276 e. The number of imide groups is 1. The van der Waals surface area contributed by atoms with Crippen LogP contribution < -0.4 is 5.32 Å². The van der Waals surface area contributed by atoms with Crippen molar-refractivity contribution in [3.63, 3.8) is 0 Å². The molecule has 2 aliphatic carbocycles. The molecule has 1 aromatic heterocycles. The van der Waals surface area contributed by atoms with Gasteiger partial charge in [0.25, 0.3) is 11.8 Å². The lowest BCUT2D eigenvalue weighted by atomic mass is 10.0. The fraction of sp³-hybridized carbons (Fsp3) is 0.500. The van der Waals surface area contributed by atoms with Gasteiger partial charge >= 0.3 is 0 Å². The van der Waals surface area contributed by atoms with Gasteiger partial charge in [-0.15, -0.1) is 5.10 Å². The molecular formula is C24H26N6O5. The maximum absolute atomic E-state index is 13.3. The molecule has 11 heteroatoms. The van der Waals surface area contributed by atoms with Crippen molar-refractivity contribution >= 4 is 23.6 Å². The van der Waals surface area contributed by atoms with Gasteiger partial charge in [0.2, 0.25) is 11.8 Å². The van der Waals surface area contributed by atoms with E-state index in [1.807, 2.05) is 6.07 Å². The standard InChI is InChI=1S/C24H26N6O5/c31-20-3-1-2-18(20)30(14-6-7-14)24(35)17-12-29(27-26-17)15-5-4-13-11-28(23(34)16(13)10-15)19-8-9-21(32)25-22(19)33/h4-5,10,12,14,18-20,31H,1-3,6-9,11H2,(H,25,32,33)/t18-,19?,20-/m1/s1. The zero-order valence-electron chi connectivity index (χ0n) is 19.1. The summed E-state index contributed by atoms with van der Waals surface area (Å²) in [7, 11) is 0. The molecule has 2 saturated carbocycles. The summed E-state index contributed by atoms with van der Waals surface area (Å²) >= 11 is 0. The second-order valence-corrected chi connectivity index (χ2v) is 9.80. The molecule has 35 heavy (non-hydrogen) atoms. The van der Waals surface area contributed by atoms with Crippen molar-refractivity contribution in [2.75, 3.05) is 0 Å². The summed E-state index contributed by atoms with van der Waals surface area (Å²) in [6.07, 6.45) is 5.79. The van der Waals surface area contributed by atoms with Crippen LogP contribution in [0.3, 0.4) is 0 Å². The summed E-state index contributed by atoms with van der Waals surface area (Å²) in [6, 6.07) is 4.57. The lowest BCUT2D eigenvalue weighted by Crippen LogP contribution is -2.52. The third-order valence-corrected chi connectivity index (χ3v) is 7.46. The first-order chi connectivity index (χ1) is 16.9. The van der Waals surface area contributed by atoms with Crippen molar-refractivity contribution in [2.45, 2.75) is 75.7 Å². The number of carbonyl (C=O) groups excluding carboxylic acids is 4. The van der Waals surface area contributed by atoms with Gasteiger partial charge in [-0.2, -0.15) is 0 Å². The quantitative estimate of drug-likeness (QED) is 0.599. The van der Waals surface area contributed by atoms with Crippen molar-refractivity contribution in [3.8, 4) is 5.69 Å². The van der Waals surface area contributed by atoms with Gasteiger partial charge in [0.15, 0.2) is 5.69 Å². The molecule has 1 unspecified atom stereocenters. The van der Waals surface area contributed by atoms with Gasteiger partial charge in [-0.3, -0.25) is 24.5 Å². The first kappa shape index (κ1) is 21.9. The van der Waals surface area contributed by atoms with E-state index in [1.165, 1.54) is 9.58 Å². The van der Waals surface area contributed by atoms with Crippen LogP contribution in [0.25, 0.3) is 5.69 Å². The molecule has 3 fully saturated rings. The highest BCUT2D eigenvalue weighted by atomic mass is 16.3. The molecule has 3 heterocycles. The molecule has 2 aromatic rings. The van der Waals surface area contributed by atoms with Gasteiger partial charge in [0.05, 0.1) is 24.0 Å². The second kappa shape index (κ2) is 8.26. The van der Waals surface area contributed by atoms with Crippen LogP contribution in [0.15, 0.2) is 24.4 Å². The minimum absolute atomic E-state index is 0.140. The average molecular weight is 479 g/mol. The van der Waals surface area contributed by atoms with E-state index in [1.54, 1.807) is 23.2 Å². The molecule has 4 amide bonds. The monoisotopic (exact) mass is 478 g/mol. The fourth-order valence-electron chi connectivity index (χ4n) is 5.49. The number of amides is 4. The second-order valence-electron chi connectivity index (χ2n) is 9.80. The Labute approximate surface area is 201 Å². The van der Waals surface area contributed by atoms with Crippen molar-refractivity contribution in [1.29, 1.82) is 0 Å². The topological polar surface area (TPSA) is 138 Å². The van der Waals surface area contributed by atoms with E-state index in [4.69, 9.17) is 0 Å². The van der Waals surface area contributed by atoms with Crippen molar-refractivity contribution in [1.82, 2.24) is 30.1 Å². The predicted octanol–water partition coefficient (Wildman–Crippen LogP) is 0.546. The molecule has 2 aliphatic heterocycles. The lowest BCUT2D eigenvalue weighted by Gasteiger charge is -2.30. The number of hydrogen-bond acceptors (Lipinski definition) is 7. The minimum Gasteiger partial charge on any atom is -0.391 e. The van der Waals surface area contributed by atoms with Gasteiger partial charge in [0.1, 0.15) is 6.04 Å². The number of carbonyl (C=O) groups is 4. The SMILES string of the molecule is O=C1CCC(N2Cc3ccc(-n4cc(C(=O)N(C5CC5)[C@@H]5CCC[C@H]5O)nn4)cc3C2=O)C(=O)N1. The number of benzene rings is 1. The first-order valence-corrected chi connectivity index (χ1v) is 12.1. The third-order valence-electron chi connectivity index (χ3n) is 7.46. The lowest BCUT2D eigenvalue weighted by molar-refractivity contribution is -0.136. The zero-order chi connectivity index (χ0) is 24.3. The Hall–Kier alpha value is -3.60. The highest BCUT2D eigenvalue weighted by molar-refractivity contribution is 6.05. The summed E-state index contributed by atoms with van der Waals surface area (Å²) in [5.74, 6) is -1.28. The summed E-state index contributed by atoms with van der Waals surface area (Å²) in [4.78, 5) is 53.4. The Bertz CT molecular complexity index is 1240. The molecule has 2 N–H and O–H groups in total. The van der Waals surface area contributed by atoms with Crippen LogP contribution >= 0.6 is 0 Å². The van der Waals surface area contributed by atoms with Crippen LogP contribution in [0.4, 0.5) is 0 Å². The van der Waals surface area contributed by atoms with Crippen LogP contribution in [0.1, 0.15) is 71.4 Å². The van der Waals surface area contributed by atoms with E-state index in [0.29, 0.717) is 30.6 Å². The fourth-order valence-corrected chi connectivity index (χ4v) is 5.49. The number of hydrogen-bond donors (Lipinski definition) is 2. The maximum atomic E-state index is 13.3. The van der Waals surface area contributed by atoms with Crippen LogP contribution in [0.5, 0.6) is 0 Å². The van der Waals surface area contributed by atoms with Gasteiger partial charge in [0, 0.05) is 24.6 Å². The number of aliphatic hydroxyl groups is 1. The van der Waals surface area contributed by atoms with E-state index in [2.05, 4.69) is 15.6 Å². The average Bonchev–Trinajstić information content (AvgIpc) is 3.23. The number of nitrogens with zero attached hydrogens (tertiary/aromatic N) is 5. The summed E-state index contributed by atoms with van der Waals surface area (Å²) < 4.78 is 1.46. The number of rotatable bonds is 5. The first-order valence-electron chi connectivity index (χ1n) is 12.1. The molecule has 182 valence electrons. The van der Waals surface area contributed by atoms with Crippen LogP contribution in [-0.2, 0) is 16.1 Å². The van der Waals surface area contributed by atoms with E-state index >= 15 is 0 Å². The van der Waals surface area contributed by atoms with Crippen LogP contribution in [-0.4, -0.2) is 77.8 Å². The molecule has 0 bridgehead atoms. The van der Waals surface area contributed by atoms with Gasteiger partial charge in [-0.05, 0) is 56.2 Å². The Kier molecular flexibility index (Phi) is 5.17. The molecule has 4 aliphatic rings. The molecule has 0 spiro atoms. The Morgan fingerprint density at radius 3 is 2.66 bits per heavy atom. The van der Waals surface area contributed by atoms with Gasteiger partial charge < -0.3 is 14.9 Å². The van der Waals surface area contributed by atoms with Gasteiger partial charge in [-0.1, -0.05) is 11.3 Å². The number of nitrogens with one attached hydrogen (secondary N) is 1. The highest BCUT2D eigenvalue weighted by Gasteiger charge is 2.43. The highest BCUT2D eigenvalue weighted by Crippen LogP contribution is 2.36. The molecule has 11 nitrogen and oxygen atoms in total. The molecule has 0 radical (unpaired) electrons. The van der Waals surface area contributed by atoms with E-state index in [0.717, 1.165) is 31.2 Å². The Morgan fingerprint density at radius 1 is 1.11 bits per heavy atom. The predicted molar refractivity (Wildman–Crippen MR) is 120 cm³/mol. The largest absolute Gasteiger partial charge is 0.391 e. The van der Waals surface area contributed by atoms with E-state index in [9.17, 15) is 24.3 Å². The summed E-state index contributed by atoms with van der Waals surface area (Å²) in [6.45, 7) is 0.294. The Morgan fingerprint density at radius 2 is 1.94 bits per heavy atom. The maximum Gasteiger partial charge on any atom is 0.276 e. The molecule has 1 aromatic carbocycles. The normalized spacial score (nSPS) is 26.1. The van der Waals surface area contributed by atoms with Crippen LogP contribution in [0, 0.1) is 0 Å². The van der Waals surface area contributed by atoms with Gasteiger partial charge in [-0.25, -0.2) is 4.68 Å². The Balaban J connectivity index is 1.22. The number of aliphatic hydroxyl groups excluding tert-OH is 1. The molecule has 6 rings (SSSR count). The molecule has 1 saturated heterocycles. The molecule has 3 atom stereocenters. The van der Waals surface area contributed by atoms with E-state index < -0.39 is 18.1 Å². The number of piperidine rings is 1. The van der Waals surface area contributed by atoms with Crippen LogP contribution in [0.2, 0.25) is 0 Å².